The molecule has 1 aromatic rings. The number of nitrogens with two attached hydrogens (primary N) is 1. The molecule has 0 aliphatic heterocycles. The van der Waals surface area contributed by atoms with Crippen LogP contribution in [-0.4, -0.2) is 26.2 Å². The number of carbonyl (C=O) groups is 1. The first-order chi connectivity index (χ1) is 4.20. The van der Waals surface area contributed by atoms with Crippen molar-refractivity contribution in [3.05, 3.63) is 10.5 Å². The fourth-order valence-electron chi connectivity index (χ4n) is 0.320. The fourth-order valence-corrected chi connectivity index (χ4v) is 0.320. The number of nitrogens with zero attached hydrogens (tertiary/aromatic N) is 3. The van der Waals surface area contributed by atoms with Crippen LogP contribution in [0, 0.1) is 0 Å². The molecule has 0 aromatic carbocycles. The van der Waals surface area contributed by atoms with Crippen LogP contribution in [0.4, 0.5) is 4.79 Å². The van der Waals surface area contributed by atoms with Gasteiger partial charge in [-0.25, -0.2) is 14.7 Å². The van der Waals surface area contributed by atoms with Crippen LogP contribution in [0.5, 0.6) is 0 Å². The minimum absolute atomic E-state index is 0.544. The molecule has 9 heavy (non-hydrogen) atoms. The zero-order valence-electron chi connectivity index (χ0n) is 4.24. The number of primary amides is 1. The molecule has 1 heterocycles. The third-order valence-corrected chi connectivity index (χ3v) is 0.635. The van der Waals surface area contributed by atoms with E-state index in [0.717, 1.165) is 0 Å². The summed E-state index contributed by atoms with van der Waals surface area (Å²) >= 11 is 0. The monoisotopic (exact) mass is 129 g/mol. The number of aromatic nitrogens is 4. The van der Waals surface area contributed by atoms with Gasteiger partial charge in [0.1, 0.15) is 0 Å². The predicted molar refractivity (Wildman–Crippen MR) is 25.6 cm³/mol. The topological polar surface area (TPSA) is 107 Å². The normalized spacial score (nSPS) is 9.33. The Morgan fingerprint density at radius 2 is 2.44 bits per heavy atom. The summed E-state index contributed by atoms with van der Waals surface area (Å²) < 4.78 is 0. The number of tetrazole rings is 1. The standard InChI is InChI=1S/C2H3N5O2/c3-1(8)7-5-2(9)4-6-7/h(H2,3,8)(H,5,9). The van der Waals surface area contributed by atoms with Crippen LogP contribution >= 0.6 is 0 Å². The Kier molecular flexibility index (Phi) is 1.03. The third kappa shape index (κ3) is 0.929. The van der Waals surface area contributed by atoms with Gasteiger partial charge in [-0.2, -0.15) is 0 Å². The molecule has 7 heteroatoms. The minimum atomic E-state index is -0.871. The maximum absolute atomic E-state index is 10.1. The van der Waals surface area contributed by atoms with Crippen LogP contribution in [0.25, 0.3) is 0 Å². The van der Waals surface area contributed by atoms with Crippen molar-refractivity contribution in [2.75, 3.05) is 0 Å². The van der Waals surface area contributed by atoms with Crippen LogP contribution in [0.1, 0.15) is 0 Å². The summed E-state index contributed by atoms with van der Waals surface area (Å²) in [6, 6.07) is -0.871. The maximum Gasteiger partial charge on any atom is 0.381 e. The Morgan fingerprint density at radius 3 is 2.67 bits per heavy atom. The highest BCUT2D eigenvalue weighted by molar-refractivity contribution is 5.71. The smallest absolute Gasteiger partial charge is 0.348 e. The highest BCUT2D eigenvalue weighted by atomic mass is 16.2. The van der Waals surface area contributed by atoms with Crippen LogP contribution in [-0.2, 0) is 0 Å². The molecule has 0 saturated carbocycles. The Bertz CT molecular complexity index is 270. The predicted octanol–water partition coefficient (Wildman–Crippen LogP) is -2.11. The van der Waals surface area contributed by atoms with Gasteiger partial charge in [0.15, 0.2) is 0 Å². The minimum Gasteiger partial charge on any atom is -0.348 e. The van der Waals surface area contributed by atoms with E-state index in [4.69, 9.17) is 0 Å². The summed E-state index contributed by atoms with van der Waals surface area (Å²) in [6.07, 6.45) is 0. The van der Waals surface area contributed by atoms with Gasteiger partial charge in [0.2, 0.25) is 0 Å². The van der Waals surface area contributed by atoms with Crippen molar-refractivity contribution in [2.45, 2.75) is 0 Å². The molecule has 0 fully saturated rings. The first kappa shape index (κ1) is 5.48. The van der Waals surface area contributed by atoms with Gasteiger partial charge in [-0.05, 0) is 5.21 Å². The zero-order valence-corrected chi connectivity index (χ0v) is 4.24. The SMILES string of the molecule is NC(=O)n1nnc(=O)[nH]1. The van der Waals surface area contributed by atoms with E-state index < -0.39 is 11.7 Å². The fraction of sp³-hybridized carbons (Fsp3) is 0. The van der Waals surface area contributed by atoms with Crippen molar-refractivity contribution in [3.8, 4) is 0 Å². The lowest BCUT2D eigenvalue weighted by atomic mass is 11.1. The van der Waals surface area contributed by atoms with Gasteiger partial charge >= 0.3 is 11.7 Å². The summed E-state index contributed by atoms with van der Waals surface area (Å²) in [4.78, 5) is 20.8. The Morgan fingerprint density at radius 1 is 1.78 bits per heavy atom. The van der Waals surface area contributed by atoms with Gasteiger partial charge in [-0.3, -0.25) is 0 Å². The number of carbonyl (C=O) groups excluding carboxylic acids is 1. The van der Waals surface area contributed by atoms with Crippen LogP contribution < -0.4 is 11.4 Å². The second-order valence-electron chi connectivity index (χ2n) is 1.26. The lowest BCUT2D eigenvalue weighted by Gasteiger charge is -1.84. The van der Waals surface area contributed by atoms with E-state index in [0.29, 0.717) is 4.80 Å². The largest absolute Gasteiger partial charge is 0.381 e. The van der Waals surface area contributed by atoms with Crippen molar-refractivity contribution in [1.29, 1.82) is 0 Å². The van der Waals surface area contributed by atoms with Gasteiger partial charge in [0.05, 0.1) is 0 Å². The molecular weight excluding hydrogens is 126 g/mol. The first-order valence-electron chi connectivity index (χ1n) is 2.02. The van der Waals surface area contributed by atoms with Crippen molar-refractivity contribution >= 4 is 6.03 Å². The summed E-state index contributed by atoms with van der Waals surface area (Å²) in [6.45, 7) is 0. The van der Waals surface area contributed by atoms with E-state index in [9.17, 15) is 9.59 Å². The molecule has 3 N–H and O–H groups in total. The lowest BCUT2D eigenvalue weighted by Crippen LogP contribution is -2.23. The highest BCUT2D eigenvalue weighted by Gasteiger charge is 1.98. The number of amides is 1. The molecule has 1 rings (SSSR count). The van der Waals surface area contributed by atoms with E-state index in [2.05, 4.69) is 16.0 Å². The molecule has 0 saturated heterocycles. The summed E-state index contributed by atoms with van der Waals surface area (Å²) in [5.74, 6) is 0. The second-order valence-corrected chi connectivity index (χ2v) is 1.26. The summed E-state index contributed by atoms with van der Waals surface area (Å²) in [5, 5.41) is 7.92. The van der Waals surface area contributed by atoms with Gasteiger partial charge in [-0.1, -0.05) is 9.90 Å². The molecule has 0 atom stereocenters. The average Bonchev–Trinajstić information content (AvgIpc) is 2.14. The zero-order chi connectivity index (χ0) is 6.85. The van der Waals surface area contributed by atoms with E-state index in [1.54, 1.807) is 0 Å². The highest BCUT2D eigenvalue weighted by Crippen LogP contribution is 1.61. The number of nitrogens with one attached hydrogen (secondary N) is 1. The number of H-pyrrole nitrogens is 1. The summed E-state index contributed by atoms with van der Waals surface area (Å²) in [5.41, 5.74) is 3.98. The van der Waals surface area contributed by atoms with E-state index in [-0.39, 0.29) is 0 Å². The molecule has 0 aliphatic carbocycles. The third-order valence-electron chi connectivity index (χ3n) is 0.635. The number of rotatable bonds is 0. The number of hydrogen-bond donors (Lipinski definition) is 2. The maximum atomic E-state index is 10.1. The molecule has 48 valence electrons. The van der Waals surface area contributed by atoms with E-state index in [1.807, 2.05) is 5.10 Å². The first-order valence-corrected chi connectivity index (χ1v) is 2.02. The Balaban J connectivity index is 3.12. The molecule has 1 aromatic heterocycles. The van der Waals surface area contributed by atoms with Crippen LogP contribution in [0.2, 0.25) is 0 Å². The second kappa shape index (κ2) is 1.69. The molecule has 1 amide bonds. The number of aromatic amines is 1. The summed E-state index contributed by atoms with van der Waals surface area (Å²) in [7, 11) is 0. The van der Waals surface area contributed by atoms with Gasteiger partial charge in [0, 0.05) is 0 Å². The van der Waals surface area contributed by atoms with Crippen molar-refractivity contribution in [2.24, 2.45) is 5.73 Å². The van der Waals surface area contributed by atoms with E-state index in [1.165, 1.54) is 0 Å². The van der Waals surface area contributed by atoms with Gasteiger partial charge < -0.3 is 5.73 Å². The molecule has 0 aliphatic rings. The van der Waals surface area contributed by atoms with E-state index >= 15 is 0 Å². The molecule has 0 unspecified atom stereocenters. The van der Waals surface area contributed by atoms with Gasteiger partial charge in [0.25, 0.3) is 0 Å². The Labute approximate surface area is 48.4 Å². The molecular formula is C2H3N5O2. The van der Waals surface area contributed by atoms with Crippen LogP contribution in [0.15, 0.2) is 4.79 Å². The Hall–Kier alpha value is -1.66. The van der Waals surface area contributed by atoms with Crippen molar-refractivity contribution in [1.82, 2.24) is 20.2 Å². The molecule has 0 spiro atoms. The van der Waals surface area contributed by atoms with Crippen molar-refractivity contribution < 1.29 is 4.79 Å². The molecule has 0 radical (unpaired) electrons. The van der Waals surface area contributed by atoms with Gasteiger partial charge in [-0.15, -0.1) is 0 Å². The quantitative estimate of drug-likeness (QED) is 0.418. The molecule has 7 nitrogen and oxygen atoms in total. The van der Waals surface area contributed by atoms with Crippen molar-refractivity contribution in [3.63, 3.8) is 0 Å². The lowest BCUT2D eigenvalue weighted by molar-refractivity contribution is 0.244. The number of hydrogen-bond acceptors (Lipinski definition) is 4. The molecule has 0 bridgehead atoms. The van der Waals surface area contributed by atoms with Crippen LogP contribution in [0.3, 0.4) is 0 Å². The average molecular weight is 129 g/mol.